The van der Waals surface area contributed by atoms with Crippen LogP contribution in [-0.4, -0.2) is 39.5 Å². The van der Waals surface area contributed by atoms with E-state index in [1.807, 2.05) is 0 Å². The average Bonchev–Trinajstić information content (AvgIpc) is 2.29. The molecule has 1 saturated heterocycles. The number of nitrogens with one attached hydrogen (secondary N) is 1. The first-order valence-corrected chi connectivity index (χ1v) is 7.23. The molecular formula is C11H15NO4S. The molecule has 1 fully saturated rings. The molecule has 0 aliphatic carbocycles. The summed E-state index contributed by atoms with van der Waals surface area (Å²) >= 11 is 0. The molecule has 0 spiro atoms. The molecule has 2 N–H and O–H groups in total. The number of rotatable bonds is 2. The van der Waals surface area contributed by atoms with Gasteiger partial charge in [-0.3, -0.25) is 0 Å². The number of morpholine rings is 1. The molecule has 0 saturated carbocycles. The van der Waals surface area contributed by atoms with E-state index in [9.17, 15) is 13.5 Å². The van der Waals surface area contributed by atoms with Crippen molar-refractivity contribution in [2.24, 2.45) is 0 Å². The van der Waals surface area contributed by atoms with Gasteiger partial charge >= 0.3 is 0 Å². The minimum atomic E-state index is -3.27. The lowest BCUT2D eigenvalue weighted by molar-refractivity contribution is 0.0262. The molecule has 17 heavy (non-hydrogen) atoms. The molecule has 0 radical (unpaired) electrons. The first kappa shape index (κ1) is 12.3. The van der Waals surface area contributed by atoms with Crippen LogP contribution in [0.5, 0.6) is 5.75 Å². The van der Waals surface area contributed by atoms with E-state index < -0.39 is 9.84 Å². The smallest absolute Gasteiger partial charge is 0.175 e. The third-order valence-corrected chi connectivity index (χ3v) is 3.81. The summed E-state index contributed by atoms with van der Waals surface area (Å²) in [6.07, 6.45) is 0.841. The lowest BCUT2D eigenvalue weighted by Gasteiger charge is -2.24. The van der Waals surface area contributed by atoms with Crippen LogP contribution in [0.15, 0.2) is 23.1 Å². The summed E-state index contributed by atoms with van der Waals surface area (Å²) in [6.45, 7) is 1.89. The van der Waals surface area contributed by atoms with Crippen molar-refractivity contribution in [3.05, 3.63) is 23.8 Å². The third kappa shape index (κ3) is 2.77. The summed E-state index contributed by atoms with van der Waals surface area (Å²) in [6, 6.07) is 4.26. The minimum absolute atomic E-state index is 0.0612. The largest absolute Gasteiger partial charge is 0.508 e. The Bertz CT molecular complexity index is 506. The summed E-state index contributed by atoms with van der Waals surface area (Å²) < 4.78 is 28.4. The van der Waals surface area contributed by atoms with Crippen molar-refractivity contribution in [3.63, 3.8) is 0 Å². The van der Waals surface area contributed by atoms with Gasteiger partial charge in [0.05, 0.1) is 17.6 Å². The van der Waals surface area contributed by atoms with E-state index in [1.54, 1.807) is 0 Å². The summed E-state index contributed by atoms with van der Waals surface area (Å²) in [5.74, 6) is 0.0612. The van der Waals surface area contributed by atoms with E-state index in [2.05, 4.69) is 5.32 Å². The molecule has 5 nitrogen and oxygen atoms in total. The fraction of sp³-hybridized carbons (Fsp3) is 0.455. The number of hydrogen-bond acceptors (Lipinski definition) is 5. The molecule has 6 heteroatoms. The SMILES string of the molecule is CS(=O)(=O)c1ccc(O)c(C2CNCCO2)c1. The number of ether oxygens (including phenoxy) is 1. The molecule has 0 amide bonds. The Balaban J connectivity index is 2.38. The Hall–Kier alpha value is -1.11. The first-order valence-electron chi connectivity index (χ1n) is 5.34. The molecule has 1 aromatic carbocycles. The quantitative estimate of drug-likeness (QED) is 0.805. The van der Waals surface area contributed by atoms with Crippen molar-refractivity contribution in [2.45, 2.75) is 11.0 Å². The summed E-state index contributed by atoms with van der Waals surface area (Å²) in [4.78, 5) is 0.194. The van der Waals surface area contributed by atoms with Crippen molar-refractivity contribution in [1.29, 1.82) is 0 Å². The number of hydrogen-bond donors (Lipinski definition) is 2. The number of aromatic hydroxyl groups is 1. The molecule has 0 bridgehead atoms. The Labute approximate surface area is 100 Å². The summed E-state index contributed by atoms with van der Waals surface area (Å²) in [5, 5.41) is 12.9. The molecule has 1 aliphatic rings. The van der Waals surface area contributed by atoms with Crippen molar-refractivity contribution >= 4 is 9.84 Å². The second-order valence-electron chi connectivity index (χ2n) is 4.06. The van der Waals surface area contributed by atoms with Crippen LogP contribution in [0.4, 0.5) is 0 Å². The van der Waals surface area contributed by atoms with Crippen LogP contribution in [0.2, 0.25) is 0 Å². The van der Waals surface area contributed by atoms with E-state index >= 15 is 0 Å². The van der Waals surface area contributed by atoms with Crippen molar-refractivity contribution < 1.29 is 18.3 Å². The van der Waals surface area contributed by atoms with Crippen molar-refractivity contribution in [2.75, 3.05) is 26.0 Å². The Morgan fingerprint density at radius 1 is 1.47 bits per heavy atom. The van der Waals surface area contributed by atoms with E-state index in [0.29, 0.717) is 18.7 Å². The predicted octanol–water partition coefficient (Wildman–Crippen LogP) is 0.457. The van der Waals surface area contributed by atoms with Crippen LogP contribution in [0.1, 0.15) is 11.7 Å². The highest BCUT2D eigenvalue weighted by molar-refractivity contribution is 7.90. The Kier molecular flexibility index (Phi) is 3.37. The van der Waals surface area contributed by atoms with Gasteiger partial charge in [-0.15, -0.1) is 0 Å². The van der Waals surface area contributed by atoms with Gasteiger partial charge in [-0.25, -0.2) is 8.42 Å². The van der Waals surface area contributed by atoms with Crippen LogP contribution in [0, 0.1) is 0 Å². The van der Waals surface area contributed by atoms with E-state index in [4.69, 9.17) is 4.74 Å². The van der Waals surface area contributed by atoms with E-state index in [-0.39, 0.29) is 16.7 Å². The minimum Gasteiger partial charge on any atom is -0.508 e. The fourth-order valence-corrected chi connectivity index (χ4v) is 2.44. The molecule has 0 aromatic heterocycles. The van der Waals surface area contributed by atoms with E-state index in [1.165, 1.54) is 18.2 Å². The van der Waals surface area contributed by atoms with Gasteiger partial charge < -0.3 is 15.2 Å². The zero-order chi connectivity index (χ0) is 12.5. The number of sulfone groups is 1. The monoisotopic (exact) mass is 257 g/mol. The van der Waals surface area contributed by atoms with Gasteiger partial charge in [0.15, 0.2) is 9.84 Å². The number of benzene rings is 1. The topological polar surface area (TPSA) is 75.6 Å². The Morgan fingerprint density at radius 2 is 2.24 bits per heavy atom. The second kappa shape index (κ2) is 4.64. The molecule has 94 valence electrons. The maximum Gasteiger partial charge on any atom is 0.175 e. The van der Waals surface area contributed by atoms with Gasteiger partial charge in [0, 0.05) is 24.9 Å². The zero-order valence-corrected chi connectivity index (χ0v) is 10.3. The normalized spacial score (nSPS) is 21.4. The molecular weight excluding hydrogens is 242 g/mol. The van der Waals surface area contributed by atoms with Crippen LogP contribution < -0.4 is 5.32 Å². The predicted molar refractivity (Wildman–Crippen MR) is 62.8 cm³/mol. The molecule has 2 rings (SSSR count). The van der Waals surface area contributed by atoms with Gasteiger partial charge in [0.25, 0.3) is 0 Å². The van der Waals surface area contributed by atoms with Gasteiger partial charge in [0.2, 0.25) is 0 Å². The fourth-order valence-electron chi connectivity index (χ4n) is 1.79. The van der Waals surface area contributed by atoms with Crippen LogP contribution in [0.25, 0.3) is 0 Å². The van der Waals surface area contributed by atoms with Gasteiger partial charge in [0.1, 0.15) is 5.75 Å². The lowest BCUT2D eigenvalue weighted by atomic mass is 10.1. The highest BCUT2D eigenvalue weighted by Gasteiger charge is 2.21. The highest BCUT2D eigenvalue weighted by atomic mass is 32.2. The zero-order valence-electron chi connectivity index (χ0n) is 9.51. The maximum atomic E-state index is 11.4. The Morgan fingerprint density at radius 3 is 2.82 bits per heavy atom. The van der Waals surface area contributed by atoms with Gasteiger partial charge in [-0.2, -0.15) is 0 Å². The lowest BCUT2D eigenvalue weighted by Crippen LogP contribution is -2.33. The third-order valence-electron chi connectivity index (χ3n) is 2.70. The van der Waals surface area contributed by atoms with Gasteiger partial charge in [-0.05, 0) is 18.2 Å². The van der Waals surface area contributed by atoms with Crippen LogP contribution >= 0.6 is 0 Å². The molecule has 1 aromatic rings. The average molecular weight is 257 g/mol. The second-order valence-corrected chi connectivity index (χ2v) is 6.07. The van der Waals surface area contributed by atoms with Crippen LogP contribution in [0.3, 0.4) is 0 Å². The summed E-state index contributed by atoms with van der Waals surface area (Å²) in [5.41, 5.74) is 0.514. The number of phenolic OH excluding ortho intramolecular Hbond substituents is 1. The van der Waals surface area contributed by atoms with Gasteiger partial charge in [-0.1, -0.05) is 0 Å². The molecule has 1 unspecified atom stereocenters. The van der Waals surface area contributed by atoms with E-state index in [0.717, 1.165) is 12.8 Å². The van der Waals surface area contributed by atoms with Crippen molar-refractivity contribution in [1.82, 2.24) is 5.32 Å². The highest BCUT2D eigenvalue weighted by Crippen LogP contribution is 2.29. The molecule has 1 aliphatic heterocycles. The number of phenols is 1. The first-order chi connectivity index (χ1) is 7.98. The molecule has 1 atom stereocenters. The maximum absolute atomic E-state index is 11.4. The van der Waals surface area contributed by atoms with Crippen LogP contribution in [-0.2, 0) is 14.6 Å². The summed E-state index contributed by atoms with van der Waals surface area (Å²) in [7, 11) is -3.27. The standard InChI is InChI=1S/C11H15NO4S/c1-17(14,15)8-2-3-10(13)9(6-8)11-7-12-4-5-16-11/h2-3,6,11-13H,4-5,7H2,1H3. The van der Waals surface area contributed by atoms with Crippen molar-refractivity contribution in [3.8, 4) is 5.75 Å². The molecule has 1 heterocycles.